The number of hydrogen-bond donors (Lipinski definition) is 2. The molecule has 1 heterocycles. The van der Waals surface area contributed by atoms with Gasteiger partial charge in [0.15, 0.2) is 0 Å². The van der Waals surface area contributed by atoms with Crippen molar-refractivity contribution < 1.29 is 9.21 Å². The quantitative estimate of drug-likeness (QED) is 0.823. The molecule has 1 aromatic heterocycles. The van der Waals surface area contributed by atoms with E-state index in [1.54, 1.807) is 12.3 Å². The van der Waals surface area contributed by atoms with Crippen LogP contribution in [0, 0.1) is 3.57 Å². The number of anilines is 1. The number of carbonyl (C=O) groups excluding carboxylic acids is 1. The lowest BCUT2D eigenvalue weighted by atomic mass is 10.2. The van der Waals surface area contributed by atoms with E-state index in [4.69, 9.17) is 4.42 Å². The lowest BCUT2D eigenvalue weighted by molar-refractivity contribution is 0.247. The number of halogens is 1. The second-order valence-corrected chi connectivity index (χ2v) is 4.98. The zero-order chi connectivity index (χ0) is 13.0. The molecule has 0 saturated heterocycles. The fourth-order valence-corrected chi connectivity index (χ4v) is 2.05. The normalized spacial score (nSPS) is 11.9. The molecule has 1 atom stereocenters. The molecular formula is C13H13IN2O2. The van der Waals surface area contributed by atoms with Crippen LogP contribution in [0.4, 0.5) is 10.5 Å². The van der Waals surface area contributed by atoms with Crippen LogP contribution in [0.25, 0.3) is 0 Å². The Balaban J connectivity index is 1.95. The van der Waals surface area contributed by atoms with Gasteiger partial charge in [-0.2, -0.15) is 0 Å². The van der Waals surface area contributed by atoms with Crippen LogP contribution in [0.15, 0.2) is 47.1 Å². The van der Waals surface area contributed by atoms with E-state index in [-0.39, 0.29) is 12.1 Å². The molecule has 2 amide bonds. The third-order valence-electron chi connectivity index (χ3n) is 2.44. The van der Waals surface area contributed by atoms with Crippen molar-refractivity contribution in [2.45, 2.75) is 13.0 Å². The van der Waals surface area contributed by atoms with Crippen LogP contribution in [0.3, 0.4) is 0 Å². The second-order valence-electron chi connectivity index (χ2n) is 3.82. The smallest absolute Gasteiger partial charge is 0.319 e. The summed E-state index contributed by atoms with van der Waals surface area (Å²) in [6.07, 6.45) is 1.59. The summed E-state index contributed by atoms with van der Waals surface area (Å²) in [6, 6.07) is 10.8. The van der Waals surface area contributed by atoms with Crippen molar-refractivity contribution in [1.82, 2.24) is 5.32 Å². The molecule has 0 spiro atoms. The van der Waals surface area contributed by atoms with Gasteiger partial charge in [-0.25, -0.2) is 4.79 Å². The van der Waals surface area contributed by atoms with Crippen LogP contribution in [-0.2, 0) is 0 Å². The number of amides is 2. The summed E-state index contributed by atoms with van der Waals surface area (Å²) < 4.78 is 6.22. The van der Waals surface area contributed by atoms with Gasteiger partial charge in [0, 0.05) is 3.57 Å². The van der Waals surface area contributed by atoms with Gasteiger partial charge in [0.1, 0.15) is 5.76 Å². The summed E-state index contributed by atoms with van der Waals surface area (Å²) in [5.41, 5.74) is 0.794. The Hall–Kier alpha value is -1.50. The highest BCUT2D eigenvalue weighted by Gasteiger charge is 2.12. The van der Waals surface area contributed by atoms with Gasteiger partial charge >= 0.3 is 6.03 Å². The first kappa shape index (κ1) is 12.9. The van der Waals surface area contributed by atoms with E-state index in [2.05, 4.69) is 33.2 Å². The van der Waals surface area contributed by atoms with E-state index < -0.39 is 0 Å². The molecule has 0 aliphatic rings. The predicted molar refractivity (Wildman–Crippen MR) is 78.4 cm³/mol. The maximum atomic E-state index is 11.8. The number of carbonyl (C=O) groups is 1. The van der Waals surface area contributed by atoms with Crippen molar-refractivity contribution in [3.8, 4) is 0 Å². The third kappa shape index (κ3) is 3.25. The van der Waals surface area contributed by atoms with Crippen molar-refractivity contribution >= 4 is 34.3 Å². The molecule has 0 aliphatic heterocycles. The maximum Gasteiger partial charge on any atom is 0.319 e. The number of urea groups is 1. The highest BCUT2D eigenvalue weighted by atomic mass is 127. The Kier molecular flexibility index (Phi) is 4.24. The van der Waals surface area contributed by atoms with Crippen LogP contribution in [0.2, 0.25) is 0 Å². The molecule has 0 saturated carbocycles. The van der Waals surface area contributed by atoms with Gasteiger partial charge in [0.25, 0.3) is 0 Å². The molecule has 0 aliphatic carbocycles. The summed E-state index contributed by atoms with van der Waals surface area (Å²) in [5, 5.41) is 5.61. The number of para-hydroxylation sites is 1. The number of rotatable bonds is 3. The molecule has 2 N–H and O–H groups in total. The topological polar surface area (TPSA) is 54.3 Å². The Labute approximate surface area is 119 Å². The summed E-state index contributed by atoms with van der Waals surface area (Å²) in [5.74, 6) is 0.730. The van der Waals surface area contributed by atoms with E-state index in [9.17, 15) is 4.79 Å². The number of hydrogen-bond acceptors (Lipinski definition) is 2. The van der Waals surface area contributed by atoms with Gasteiger partial charge in [0.2, 0.25) is 0 Å². The van der Waals surface area contributed by atoms with Gasteiger partial charge in [-0.05, 0) is 53.8 Å². The lowest BCUT2D eigenvalue weighted by Crippen LogP contribution is -2.31. The molecule has 94 valence electrons. The van der Waals surface area contributed by atoms with Crippen LogP contribution in [-0.4, -0.2) is 6.03 Å². The summed E-state index contributed by atoms with van der Waals surface area (Å²) in [7, 11) is 0. The molecule has 0 unspecified atom stereocenters. The first-order chi connectivity index (χ1) is 8.66. The highest BCUT2D eigenvalue weighted by molar-refractivity contribution is 14.1. The van der Waals surface area contributed by atoms with E-state index in [1.165, 1.54) is 0 Å². The van der Waals surface area contributed by atoms with E-state index in [0.29, 0.717) is 0 Å². The summed E-state index contributed by atoms with van der Waals surface area (Å²) in [6.45, 7) is 1.87. The number of benzene rings is 1. The first-order valence-electron chi connectivity index (χ1n) is 5.52. The van der Waals surface area contributed by atoms with Crippen LogP contribution < -0.4 is 10.6 Å². The van der Waals surface area contributed by atoms with Crippen LogP contribution in [0.5, 0.6) is 0 Å². The molecule has 4 nitrogen and oxygen atoms in total. The zero-order valence-corrected chi connectivity index (χ0v) is 12.0. The van der Waals surface area contributed by atoms with E-state index >= 15 is 0 Å². The Morgan fingerprint density at radius 2 is 2.06 bits per heavy atom. The minimum Gasteiger partial charge on any atom is -0.467 e. The molecule has 1 aromatic carbocycles. The van der Waals surface area contributed by atoms with E-state index in [1.807, 2.05) is 37.3 Å². The lowest BCUT2D eigenvalue weighted by Gasteiger charge is -2.13. The molecule has 18 heavy (non-hydrogen) atoms. The van der Waals surface area contributed by atoms with Gasteiger partial charge in [-0.1, -0.05) is 12.1 Å². The van der Waals surface area contributed by atoms with Crippen molar-refractivity contribution in [1.29, 1.82) is 0 Å². The van der Waals surface area contributed by atoms with Gasteiger partial charge < -0.3 is 15.1 Å². The summed E-state index contributed by atoms with van der Waals surface area (Å²) >= 11 is 2.18. The average molecular weight is 356 g/mol. The predicted octanol–water partition coefficient (Wildman–Crippen LogP) is 3.77. The molecule has 5 heteroatoms. The van der Waals surface area contributed by atoms with Gasteiger partial charge in [0.05, 0.1) is 18.0 Å². The number of furan rings is 1. The standard InChI is InChI=1S/C13H13IN2O2/c1-9(12-7-4-8-18-12)15-13(17)16-11-6-3-2-5-10(11)14/h2-9H,1H3,(H2,15,16,17)/t9-/m1/s1. The van der Waals surface area contributed by atoms with Gasteiger partial charge in [-0.15, -0.1) is 0 Å². The fraction of sp³-hybridized carbons (Fsp3) is 0.154. The molecule has 0 fully saturated rings. The van der Waals surface area contributed by atoms with Crippen LogP contribution >= 0.6 is 22.6 Å². The fourth-order valence-electron chi connectivity index (χ4n) is 1.53. The van der Waals surface area contributed by atoms with Crippen molar-refractivity contribution in [2.24, 2.45) is 0 Å². The molecule has 2 aromatic rings. The number of nitrogens with one attached hydrogen (secondary N) is 2. The largest absolute Gasteiger partial charge is 0.467 e. The maximum absolute atomic E-state index is 11.8. The second kappa shape index (κ2) is 5.90. The Bertz CT molecular complexity index is 526. The van der Waals surface area contributed by atoms with Gasteiger partial charge in [-0.3, -0.25) is 0 Å². The zero-order valence-electron chi connectivity index (χ0n) is 9.81. The van der Waals surface area contributed by atoms with E-state index in [0.717, 1.165) is 15.0 Å². The minimum absolute atomic E-state index is 0.165. The van der Waals surface area contributed by atoms with Crippen molar-refractivity contribution in [2.75, 3.05) is 5.32 Å². The minimum atomic E-state index is -0.247. The Morgan fingerprint density at radius 3 is 2.72 bits per heavy atom. The monoisotopic (exact) mass is 356 g/mol. The molecule has 0 bridgehead atoms. The third-order valence-corrected chi connectivity index (χ3v) is 3.38. The Morgan fingerprint density at radius 1 is 1.28 bits per heavy atom. The average Bonchev–Trinajstić information content (AvgIpc) is 2.85. The molecule has 2 rings (SSSR count). The molecular weight excluding hydrogens is 343 g/mol. The van der Waals surface area contributed by atoms with Crippen LogP contribution in [0.1, 0.15) is 18.7 Å². The summed E-state index contributed by atoms with van der Waals surface area (Å²) in [4.78, 5) is 11.8. The first-order valence-corrected chi connectivity index (χ1v) is 6.60. The van der Waals surface area contributed by atoms with Crippen molar-refractivity contribution in [3.63, 3.8) is 0 Å². The highest BCUT2D eigenvalue weighted by Crippen LogP contribution is 2.17. The molecule has 0 radical (unpaired) electrons. The van der Waals surface area contributed by atoms with Crippen molar-refractivity contribution in [3.05, 3.63) is 52.0 Å². The SMILES string of the molecule is C[C@@H](NC(=O)Nc1ccccc1I)c1ccco1.